The number of hydrogen-bond donors (Lipinski definition) is 1. The van der Waals surface area contributed by atoms with Crippen LogP contribution < -0.4 is 14.8 Å². The molecule has 0 aliphatic carbocycles. The molecule has 1 N–H and O–H groups in total. The number of carbonyl (C=O) groups is 1. The maximum atomic E-state index is 12.8. The lowest BCUT2D eigenvalue weighted by molar-refractivity contribution is 0.102. The summed E-state index contributed by atoms with van der Waals surface area (Å²) < 4.78 is 40.4. The summed E-state index contributed by atoms with van der Waals surface area (Å²) in [6.07, 6.45) is 1.75. The highest BCUT2D eigenvalue weighted by Crippen LogP contribution is 2.43. The summed E-state index contributed by atoms with van der Waals surface area (Å²) >= 11 is 0. The van der Waals surface area contributed by atoms with Crippen LogP contribution in [0.15, 0.2) is 51.9 Å². The summed E-state index contributed by atoms with van der Waals surface area (Å²) in [5.74, 6) is 1.98. The lowest BCUT2D eigenvalue weighted by atomic mass is 9.99. The second-order valence-electron chi connectivity index (χ2n) is 8.11. The van der Waals surface area contributed by atoms with Gasteiger partial charge in [0.2, 0.25) is 0 Å². The van der Waals surface area contributed by atoms with Gasteiger partial charge in [0.25, 0.3) is 5.91 Å². The topological polar surface area (TPSA) is 108 Å². The van der Waals surface area contributed by atoms with Gasteiger partial charge in [-0.3, -0.25) is 4.79 Å². The molecule has 31 heavy (non-hydrogen) atoms. The first kappa shape index (κ1) is 20.9. The Bertz CT molecular complexity index is 1260. The molecule has 1 aliphatic rings. The van der Waals surface area contributed by atoms with Crippen molar-refractivity contribution in [1.82, 2.24) is 5.16 Å². The van der Waals surface area contributed by atoms with Gasteiger partial charge >= 0.3 is 0 Å². The first-order chi connectivity index (χ1) is 14.5. The van der Waals surface area contributed by atoms with Gasteiger partial charge in [0.15, 0.2) is 15.7 Å². The molecule has 1 aliphatic heterocycles. The Morgan fingerprint density at radius 1 is 1.16 bits per heavy atom. The second kappa shape index (κ2) is 7.42. The van der Waals surface area contributed by atoms with Gasteiger partial charge in [0.05, 0.1) is 4.90 Å². The van der Waals surface area contributed by atoms with Crippen LogP contribution in [-0.2, 0) is 16.3 Å². The standard InChI is InChI=1S/C22H22N2O6S/c1-13-9-20(24-30-13)23-21(25)14-10-18(17-12-22(2,3)29-19(17)11-14)28-15-5-7-16(8-6-15)31(4,26)27/h5-11H,12H2,1-4H3,(H,23,24,25). The number of hydrogen-bond acceptors (Lipinski definition) is 7. The van der Waals surface area contributed by atoms with Crippen LogP contribution in [0.1, 0.15) is 35.5 Å². The van der Waals surface area contributed by atoms with Crippen LogP contribution in [0, 0.1) is 6.92 Å². The van der Waals surface area contributed by atoms with Gasteiger partial charge in [0, 0.05) is 29.9 Å². The highest BCUT2D eigenvalue weighted by molar-refractivity contribution is 7.90. The van der Waals surface area contributed by atoms with E-state index in [0.717, 1.165) is 11.8 Å². The molecule has 4 rings (SSSR count). The highest BCUT2D eigenvalue weighted by atomic mass is 32.2. The van der Waals surface area contributed by atoms with E-state index in [-0.39, 0.29) is 10.8 Å². The maximum absolute atomic E-state index is 12.8. The molecule has 0 saturated carbocycles. The van der Waals surface area contributed by atoms with Crippen LogP contribution in [-0.4, -0.2) is 31.3 Å². The van der Waals surface area contributed by atoms with Crippen LogP contribution in [0.2, 0.25) is 0 Å². The van der Waals surface area contributed by atoms with E-state index in [0.29, 0.717) is 40.8 Å². The van der Waals surface area contributed by atoms with Crippen LogP contribution in [0.5, 0.6) is 17.2 Å². The van der Waals surface area contributed by atoms with Crippen molar-refractivity contribution in [2.24, 2.45) is 0 Å². The van der Waals surface area contributed by atoms with E-state index in [1.807, 2.05) is 13.8 Å². The predicted octanol–water partition coefficient (Wildman–Crippen LogP) is 4.14. The van der Waals surface area contributed by atoms with Crippen molar-refractivity contribution in [2.75, 3.05) is 11.6 Å². The fraction of sp³-hybridized carbons (Fsp3) is 0.273. The SMILES string of the molecule is Cc1cc(NC(=O)c2cc(Oc3ccc(S(C)(=O)=O)cc3)c3c(c2)OC(C)(C)C3)no1. The molecule has 0 unspecified atom stereocenters. The minimum absolute atomic E-state index is 0.200. The summed E-state index contributed by atoms with van der Waals surface area (Å²) in [6.45, 7) is 5.64. The molecule has 2 aromatic carbocycles. The zero-order chi connectivity index (χ0) is 22.4. The second-order valence-corrected chi connectivity index (χ2v) is 10.1. The molecule has 8 nitrogen and oxygen atoms in total. The van der Waals surface area contributed by atoms with Crippen molar-refractivity contribution >= 4 is 21.6 Å². The highest BCUT2D eigenvalue weighted by Gasteiger charge is 2.34. The molecule has 1 amide bonds. The van der Waals surface area contributed by atoms with Gasteiger partial charge in [-0.05, 0) is 57.2 Å². The molecule has 0 fully saturated rings. The normalized spacial score (nSPS) is 14.6. The Labute approximate surface area is 180 Å². The number of ether oxygens (including phenoxy) is 2. The Balaban J connectivity index is 1.67. The molecule has 0 bridgehead atoms. The van der Waals surface area contributed by atoms with Crippen molar-refractivity contribution in [3.8, 4) is 17.2 Å². The van der Waals surface area contributed by atoms with Crippen molar-refractivity contribution in [1.29, 1.82) is 0 Å². The van der Waals surface area contributed by atoms with E-state index < -0.39 is 15.4 Å². The van der Waals surface area contributed by atoms with E-state index in [9.17, 15) is 13.2 Å². The molecule has 0 radical (unpaired) electrons. The molecule has 9 heteroatoms. The third kappa shape index (κ3) is 4.56. The Morgan fingerprint density at radius 2 is 1.87 bits per heavy atom. The fourth-order valence-electron chi connectivity index (χ4n) is 3.36. The summed E-state index contributed by atoms with van der Waals surface area (Å²) in [5.41, 5.74) is 0.727. The molecule has 1 aromatic heterocycles. The number of nitrogens with one attached hydrogen (secondary N) is 1. The number of aryl methyl sites for hydroxylation is 1. The molecule has 162 valence electrons. The largest absolute Gasteiger partial charge is 0.487 e. The molecular weight excluding hydrogens is 420 g/mol. The van der Waals surface area contributed by atoms with Crippen LogP contribution >= 0.6 is 0 Å². The molecule has 0 spiro atoms. The molecular formula is C22H22N2O6S. The number of fused-ring (bicyclic) bond motifs is 1. The number of carbonyl (C=O) groups excluding carboxylic acids is 1. The molecule has 2 heterocycles. The van der Waals surface area contributed by atoms with Gasteiger partial charge < -0.3 is 19.3 Å². The smallest absolute Gasteiger partial charge is 0.257 e. The van der Waals surface area contributed by atoms with Crippen LogP contribution in [0.25, 0.3) is 0 Å². The Morgan fingerprint density at radius 3 is 2.48 bits per heavy atom. The van der Waals surface area contributed by atoms with Gasteiger partial charge in [-0.2, -0.15) is 0 Å². The summed E-state index contributed by atoms with van der Waals surface area (Å²) in [5, 5.41) is 6.46. The number of rotatable bonds is 5. The zero-order valence-corrected chi connectivity index (χ0v) is 18.4. The lowest BCUT2D eigenvalue weighted by Gasteiger charge is -2.16. The van der Waals surface area contributed by atoms with Gasteiger partial charge in [-0.1, -0.05) is 5.16 Å². The summed E-state index contributed by atoms with van der Waals surface area (Å²) in [6, 6.07) is 11.0. The monoisotopic (exact) mass is 442 g/mol. The Hall–Kier alpha value is -3.33. The number of aromatic nitrogens is 1. The predicted molar refractivity (Wildman–Crippen MR) is 114 cm³/mol. The average Bonchev–Trinajstić information content (AvgIpc) is 3.22. The molecule has 3 aromatic rings. The molecule has 0 saturated heterocycles. The third-order valence-electron chi connectivity index (χ3n) is 4.77. The van der Waals surface area contributed by atoms with E-state index in [1.54, 1.807) is 37.3 Å². The van der Waals surface area contributed by atoms with Crippen LogP contribution in [0.4, 0.5) is 5.82 Å². The Kier molecular flexibility index (Phi) is 5.01. The minimum atomic E-state index is -3.31. The fourth-order valence-corrected chi connectivity index (χ4v) is 3.99. The molecule has 0 atom stereocenters. The minimum Gasteiger partial charge on any atom is -0.487 e. The number of amides is 1. The van der Waals surface area contributed by atoms with Crippen LogP contribution in [0.3, 0.4) is 0 Å². The number of benzene rings is 2. The van der Waals surface area contributed by atoms with Gasteiger partial charge in [-0.15, -0.1) is 0 Å². The van der Waals surface area contributed by atoms with Crippen molar-refractivity contribution in [2.45, 2.75) is 37.7 Å². The number of anilines is 1. The number of sulfone groups is 1. The van der Waals surface area contributed by atoms with Crippen molar-refractivity contribution in [3.63, 3.8) is 0 Å². The van der Waals surface area contributed by atoms with Gasteiger partial charge in [0.1, 0.15) is 28.6 Å². The maximum Gasteiger partial charge on any atom is 0.257 e. The van der Waals surface area contributed by atoms with E-state index in [4.69, 9.17) is 14.0 Å². The third-order valence-corrected chi connectivity index (χ3v) is 5.90. The first-order valence-electron chi connectivity index (χ1n) is 9.59. The zero-order valence-electron chi connectivity index (χ0n) is 17.6. The number of nitrogens with zero attached hydrogens (tertiary/aromatic N) is 1. The lowest BCUT2D eigenvalue weighted by Crippen LogP contribution is -2.24. The van der Waals surface area contributed by atoms with Crippen molar-refractivity contribution in [3.05, 3.63) is 59.4 Å². The van der Waals surface area contributed by atoms with Gasteiger partial charge in [-0.25, -0.2) is 8.42 Å². The van der Waals surface area contributed by atoms with E-state index in [1.165, 1.54) is 12.1 Å². The average molecular weight is 442 g/mol. The van der Waals surface area contributed by atoms with E-state index >= 15 is 0 Å². The van der Waals surface area contributed by atoms with E-state index in [2.05, 4.69) is 10.5 Å². The van der Waals surface area contributed by atoms with Crippen molar-refractivity contribution < 1.29 is 27.2 Å². The summed E-state index contributed by atoms with van der Waals surface area (Å²) in [7, 11) is -3.31. The quantitative estimate of drug-likeness (QED) is 0.632. The summed E-state index contributed by atoms with van der Waals surface area (Å²) in [4.78, 5) is 13.0. The first-order valence-corrected chi connectivity index (χ1v) is 11.5.